The van der Waals surface area contributed by atoms with Gasteiger partial charge in [0.25, 0.3) is 0 Å². The van der Waals surface area contributed by atoms with Gasteiger partial charge in [-0.25, -0.2) is 9.97 Å². The number of thiophene rings is 1. The Balaban J connectivity index is 1.57. The topological polar surface area (TPSA) is 54.9 Å². The maximum Gasteiger partial charge on any atom is 0.228 e. The highest BCUT2D eigenvalue weighted by Crippen LogP contribution is 2.38. The van der Waals surface area contributed by atoms with Gasteiger partial charge in [0.1, 0.15) is 11.4 Å². The third-order valence-corrected chi connectivity index (χ3v) is 6.38. The first-order chi connectivity index (χ1) is 13.2. The highest BCUT2D eigenvalue weighted by Gasteiger charge is 2.13. The van der Waals surface area contributed by atoms with Crippen LogP contribution in [0.2, 0.25) is 0 Å². The minimum absolute atomic E-state index is 0.0333. The number of rotatable bonds is 5. The Morgan fingerprint density at radius 1 is 1.07 bits per heavy atom. The molecule has 6 heteroatoms. The lowest BCUT2D eigenvalue weighted by Crippen LogP contribution is -2.14. The summed E-state index contributed by atoms with van der Waals surface area (Å²) in [4.78, 5) is 22.3. The van der Waals surface area contributed by atoms with Crippen LogP contribution in [0.1, 0.15) is 11.1 Å². The molecule has 0 aliphatic heterocycles. The van der Waals surface area contributed by atoms with Crippen LogP contribution in [-0.4, -0.2) is 15.9 Å². The van der Waals surface area contributed by atoms with Gasteiger partial charge in [0.05, 0.1) is 22.3 Å². The number of amides is 1. The molecule has 0 saturated carbocycles. The number of nitrogens with one attached hydrogen (secondary N) is 1. The Kier molecular flexibility index (Phi) is 5.18. The molecule has 1 N–H and O–H groups in total. The average molecular weight is 392 g/mol. The predicted octanol–water partition coefficient (Wildman–Crippen LogP) is 5.33. The van der Waals surface area contributed by atoms with Crippen LogP contribution in [0, 0.1) is 6.92 Å². The van der Waals surface area contributed by atoms with E-state index in [1.54, 1.807) is 29.4 Å². The highest BCUT2D eigenvalue weighted by molar-refractivity contribution is 7.99. The number of para-hydroxylation sites is 1. The smallest absolute Gasteiger partial charge is 0.228 e. The van der Waals surface area contributed by atoms with Gasteiger partial charge in [-0.2, -0.15) is 0 Å². The molecule has 0 aliphatic carbocycles. The summed E-state index contributed by atoms with van der Waals surface area (Å²) < 4.78 is 1.07. The fourth-order valence-electron chi connectivity index (χ4n) is 2.76. The second-order valence-electron chi connectivity index (χ2n) is 6.08. The first-order valence-electron chi connectivity index (χ1n) is 8.50. The van der Waals surface area contributed by atoms with Crippen molar-refractivity contribution in [2.75, 3.05) is 5.32 Å². The average Bonchev–Trinajstić information content (AvgIpc) is 3.06. The van der Waals surface area contributed by atoms with E-state index in [-0.39, 0.29) is 5.91 Å². The van der Waals surface area contributed by atoms with E-state index in [4.69, 9.17) is 0 Å². The van der Waals surface area contributed by atoms with Crippen molar-refractivity contribution in [2.24, 2.45) is 0 Å². The van der Waals surface area contributed by atoms with Crippen LogP contribution in [0.5, 0.6) is 0 Å². The van der Waals surface area contributed by atoms with E-state index in [1.807, 2.05) is 54.6 Å². The van der Waals surface area contributed by atoms with Crippen LogP contribution in [0.4, 0.5) is 5.69 Å². The lowest BCUT2D eigenvalue weighted by molar-refractivity contribution is -0.115. The minimum atomic E-state index is -0.0333. The van der Waals surface area contributed by atoms with Crippen molar-refractivity contribution in [2.45, 2.75) is 23.3 Å². The summed E-state index contributed by atoms with van der Waals surface area (Å²) in [6.45, 7) is 2.05. The van der Waals surface area contributed by atoms with Gasteiger partial charge in [0.15, 0.2) is 0 Å². The number of nitrogens with zero attached hydrogens (tertiary/aromatic N) is 2. The molecule has 4 aromatic rings. The SMILES string of the molecule is Cc1csc2c(Sc3ccccc3NC(=O)Cc3ccccc3)ncnc12. The van der Waals surface area contributed by atoms with E-state index in [2.05, 4.69) is 27.6 Å². The summed E-state index contributed by atoms with van der Waals surface area (Å²) in [6, 6.07) is 17.5. The molecule has 4 rings (SSSR count). The van der Waals surface area contributed by atoms with Crippen LogP contribution in [0.15, 0.2) is 76.2 Å². The van der Waals surface area contributed by atoms with Gasteiger partial charge in [-0.1, -0.05) is 54.2 Å². The molecule has 0 fully saturated rings. The maximum absolute atomic E-state index is 12.5. The number of aryl methyl sites for hydroxylation is 1. The predicted molar refractivity (Wildman–Crippen MR) is 111 cm³/mol. The normalized spacial score (nSPS) is 10.9. The Bertz CT molecular complexity index is 1090. The molecule has 0 saturated heterocycles. The lowest BCUT2D eigenvalue weighted by atomic mass is 10.1. The number of carbonyl (C=O) groups excluding carboxylic acids is 1. The largest absolute Gasteiger partial charge is 0.325 e. The van der Waals surface area contributed by atoms with Crippen molar-refractivity contribution >= 4 is 44.9 Å². The molecule has 1 amide bonds. The standard InChI is InChI=1S/C21H17N3OS2/c1-14-12-26-20-19(14)22-13-23-21(20)27-17-10-6-5-9-16(17)24-18(25)11-15-7-3-2-4-8-15/h2-10,12-13H,11H2,1H3,(H,24,25). The lowest BCUT2D eigenvalue weighted by Gasteiger charge is -2.11. The Morgan fingerprint density at radius 2 is 1.85 bits per heavy atom. The van der Waals surface area contributed by atoms with Crippen molar-refractivity contribution < 1.29 is 4.79 Å². The summed E-state index contributed by atoms with van der Waals surface area (Å²) in [5.74, 6) is -0.0333. The van der Waals surface area contributed by atoms with E-state index in [1.165, 1.54) is 0 Å². The summed E-state index contributed by atoms with van der Waals surface area (Å²) in [6.07, 6.45) is 1.95. The van der Waals surface area contributed by atoms with Crippen molar-refractivity contribution in [3.8, 4) is 0 Å². The third kappa shape index (κ3) is 4.02. The number of benzene rings is 2. The summed E-state index contributed by atoms with van der Waals surface area (Å²) in [7, 11) is 0. The number of fused-ring (bicyclic) bond motifs is 1. The summed E-state index contributed by atoms with van der Waals surface area (Å²) in [5.41, 5.74) is 3.93. The monoisotopic (exact) mass is 391 g/mol. The first-order valence-corrected chi connectivity index (χ1v) is 10.2. The molecule has 2 heterocycles. The quantitative estimate of drug-likeness (QED) is 0.467. The molecule has 0 bridgehead atoms. The molecule has 0 atom stereocenters. The molecule has 0 spiro atoms. The van der Waals surface area contributed by atoms with Crippen LogP contribution >= 0.6 is 23.1 Å². The molecule has 134 valence electrons. The van der Waals surface area contributed by atoms with E-state index < -0.39 is 0 Å². The highest BCUT2D eigenvalue weighted by atomic mass is 32.2. The zero-order chi connectivity index (χ0) is 18.6. The van der Waals surface area contributed by atoms with E-state index >= 15 is 0 Å². The van der Waals surface area contributed by atoms with Gasteiger partial charge >= 0.3 is 0 Å². The minimum Gasteiger partial charge on any atom is -0.325 e. The van der Waals surface area contributed by atoms with E-state index in [9.17, 15) is 4.79 Å². The summed E-state index contributed by atoms with van der Waals surface area (Å²) >= 11 is 3.20. The summed E-state index contributed by atoms with van der Waals surface area (Å²) in [5, 5.41) is 6.03. The Hall–Kier alpha value is -2.70. The first kappa shape index (κ1) is 17.7. The second-order valence-corrected chi connectivity index (χ2v) is 7.99. The number of carbonyl (C=O) groups is 1. The van der Waals surface area contributed by atoms with Crippen molar-refractivity contribution in [1.29, 1.82) is 0 Å². The number of hydrogen-bond acceptors (Lipinski definition) is 5. The zero-order valence-corrected chi connectivity index (χ0v) is 16.3. The Morgan fingerprint density at radius 3 is 2.70 bits per heavy atom. The van der Waals surface area contributed by atoms with Gasteiger partial charge in [-0.15, -0.1) is 11.3 Å². The van der Waals surface area contributed by atoms with Crippen molar-refractivity contribution in [3.63, 3.8) is 0 Å². The van der Waals surface area contributed by atoms with Gasteiger partial charge in [-0.3, -0.25) is 4.79 Å². The van der Waals surface area contributed by atoms with Gasteiger partial charge in [-0.05, 0) is 35.6 Å². The van der Waals surface area contributed by atoms with Crippen molar-refractivity contribution in [1.82, 2.24) is 9.97 Å². The van der Waals surface area contributed by atoms with Gasteiger partial charge in [0.2, 0.25) is 5.91 Å². The van der Waals surface area contributed by atoms with Gasteiger partial charge < -0.3 is 5.32 Å². The van der Waals surface area contributed by atoms with E-state index in [0.29, 0.717) is 6.42 Å². The molecule has 0 aliphatic rings. The molecule has 0 unspecified atom stereocenters. The molecule has 2 aromatic carbocycles. The van der Waals surface area contributed by atoms with Crippen LogP contribution in [0.25, 0.3) is 10.2 Å². The number of anilines is 1. The van der Waals surface area contributed by atoms with Gasteiger partial charge in [0, 0.05) is 4.90 Å². The third-order valence-electron chi connectivity index (χ3n) is 4.07. The molecule has 2 aromatic heterocycles. The molecule has 4 nitrogen and oxygen atoms in total. The molecular formula is C21H17N3OS2. The van der Waals surface area contributed by atoms with Crippen LogP contribution in [0.3, 0.4) is 0 Å². The molecular weight excluding hydrogens is 374 g/mol. The number of hydrogen-bond donors (Lipinski definition) is 1. The second kappa shape index (κ2) is 7.90. The molecule has 27 heavy (non-hydrogen) atoms. The molecule has 0 radical (unpaired) electrons. The van der Waals surface area contributed by atoms with Crippen LogP contribution in [-0.2, 0) is 11.2 Å². The van der Waals surface area contributed by atoms with Crippen LogP contribution < -0.4 is 5.32 Å². The maximum atomic E-state index is 12.5. The Labute approximate surface area is 165 Å². The zero-order valence-electron chi connectivity index (χ0n) is 14.7. The van der Waals surface area contributed by atoms with E-state index in [0.717, 1.165) is 37.0 Å². The fourth-order valence-corrected chi connectivity index (χ4v) is 4.79. The fraction of sp³-hybridized carbons (Fsp3) is 0.0952. The van der Waals surface area contributed by atoms with Crippen molar-refractivity contribution in [3.05, 3.63) is 77.4 Å². The number of aromatic nitrogens is 2.